The standard InChI is InChI=1S/C20H20O6/c1-11-15(12-7-5-4-6-8-12)16-13(20(11,2)3)9-10-14(25-18(21)22)17(16)26-19(23)24/h4-11,15H,1-3H3,(H,21,22)(H,23,24). The van der Waals surface area contributed by atoms with E-state index < -0.39 is 12.3 Å². The van der Waals surface area contributed by atoms with Crippen molar-refractivity contribution in [3.8, 4) is 11.5 Å². The average molecular weight is 356 g/mol. The second kappa shape index (κ2) is 6.37. The molecule has 1 aliphatic carbocycles. The Morgan fingerprint density at radius 2 is 1.58 bits per heavy atom. The summed E-state index contributed by atoms with van der Waals surface area (Å²) in [5.74, 6) is -0.183. The number of ether oxygens (including phenoxy) is 2. The summed E-state index contributed by atoms with van der Waals surface area (Å²) in [6.07, 6.45) is -3.04. The molecule has 3 rings (SSSR count). The van der Waals surface area contributed by atoms with Crippen LogP contribution in [0.1, 0.15) is 43.4 Å². The summed E-state index contributed by atoms with van der Waals surface area (Å²) in [7, 11) is 0. The SMILES string of the molecule is CC1C(c2ccccc2)c2c(ccc(OC(=O)O)c2OC(=O)O)C1(C)C. The highest BCUT2D eigenvalue weighted by Crippen LogP contribution is 2.57. The Kier molecular flexibility index (Phi) is 4.36. The molecule has 0 saturated carbocycles. The molecule has 136 valence electrons. The molecule has 0 heterocycles. The van der Waals surface area contributed by atoms with Crippen molar-refractivity contribution in [3.05, 3.63) is 59.2 Å². The van der Waals surface area contributed by atoms with Crippen molar-refractivity contribution in [2.45, 2.75) is 32.1 Å². The molecule has 26 heavy (non-hydrogen) atoms. The summed E-state index contributed by atoms with van der Waals surface area (Å²) >= 11 is 0. The zero-order chi connectivity index (χ0) is 19.1. The maximum absolute atomic E-state index is 11.3. The van der Waals surface area contributed by atoms with Crippen molar-refractivity contribution in [3.63, 3.8) is 0 Å². The second-order valence-electron chi connectivity index (χ2n) is 6.99. The molecule has 0 fully saturated rings. The second-order valence-corrected chi connectivity index (χ2v) is 6.99. The van der Waals surface area contributed by atoms with E-state index in [4.69, 9.17) is 14.6 Å². The van der Waals surface area contributed by atoms with E-state index in [2.05, 4.69) is 20.8 Å². The van der Waals surface area contributed by atoms with Crippen LogP contribution in [-0.2, 0) is 5.41 Å². The first-order chi connectivity index (χ1) is 12.2. The fraction of sp³-hybridized carbons (Fsp3) is 0.300. The van der Waals surface area contributed by atoms with E-state index in [1.54, 1.807) is 6.07 Å². The van der Waals surface area contributed by atoms with Gasteiger partial charge in [0.2, 0.25) is 0 Å². The predicted molar refractivity (Wildman–Crippen MR) is 94.2 cm³/mol. The summed E-state index contributed by atoms with van der Waals surface area (Å²) in [4.78, 5) is 22.3. The zero-order valence-corrected chi connectivity index (χ0v) is 14.7. The fourth-order valence-electron chi connectivity index (χ4n) is 3.84. The lowest BCUT2D eigenvalue weighted by atomic mass is 9.75. The molecule has 1 aliphatic rings. The van der Waals surface area contributed by atoms with Gasteiger partial charge in [-0.15, -0.1) is 0 Å². The third-order valence-electron chi connectivity index (χ3n) is 5.35. The minimum Gasteiger partial charge on any atom is -0.449 e. The van der Waals surface area contributed by atoms with Crippen LogP contribution in [0.2, 0.25) is 0 Å². The molecule has 0 radical (unpaired) electrons. The maximum atomic E-state index is 11.3. The van der Waals surface area contributed by atoms with E-state index in [-0.39, 0.29) is 28.7 Å². The molecule has 2 aromatic rings. The van der Waals surface area contributed by atoms with Gasteiger partial charge in [-0.1, -0.05) is 57.2 Å². The van der Waals surface area contributed by atoms with E-state index in [9.17, 15) is 14.7 Å². The van der Waals surface area contributed by atoms with E-state index in [0.29, 0.717) is 5.56 Å². The molecule has 0 saturated heterocycles. The molecular formula is C20H20O6. The van der Waals surface area contributed by atoms with Gasteiger partial charge in [-0.05, 0) is 28.5 Å². The van der Waals surface area contributed by atoms with Crippen LogP contribution in [0, 0.1) is 5.92 Å². The summed E-state index contributed by atoms with van der Waals surface area (Å²) in [6.45, 7) is 6.27. The first-order valence-electron chi connectivity index (χ1n) is 8.27. The van der Waals surface area contributed by atoms with Crippen molar-refractivity contribution in [1.29, 1.82) is 0 Å². The molecule has 2 N–H and O–H groups in total. The number of fused-ring (bicyclic) bond motifs is 1. The van der Waals surface area contributed by atoms with Gasteiger partial charge in [0.15, 0.2) is 11.5 Å². The number of carbonyl (C=O) groups is 2. The molecule has 2 aromatic carbocycles. The van der Waals surface area contributed by atoms with E-state index >= 15 is 0 Å². The molecule has 0 aromatic heterocycles. The van der Waals surface area contributed by atoms with Crippen molar-refractivity contribution < 1.29 is 29.3 Å². The Morgan fingerprint density at radius 3 is 2.15 bits per heavy atom. The zero-order valence-electron chi connectivity index (χ0n) is 14.7. The minimum absolute atomic E-state index is 0.0521. The van der Waals surface area contributed by atoms with Crippen LogP contribution in [-0.4, -0.2) is 22.5 Å². The molecule has 0 spiro atoms. The van der Waals surface area contributed by atoms with Crippen LogP contribution < -0.4 is 9.47 Å². The highest BCUT2D eigenvalue weighted by atomic mass is 16.7. The van der Waals surface area contributed by atoms with Crippen molar-refractivity contribution >= 4 is 12.3 Å². The highest BCUT2D eigenvalue weighted by Gasteiger charge is 2.47. The highest BCUT2D eigenvalue weighted by molar-refractivity contribution is 5.71. The number of hydrogen-bond acceptors (Lipinski definition) is 4. The van der Waals surface area contributed by atoms with Gasteiger partial charge in [-0.25, -0.2) is 9.59 Å². The van der Waals surface area contributed by atoms with Crippen molar-refractivity contribution in [1.82, 2.24) is 0 Å². The van der Waals surface area contributed by atoms with Gasteiger partial charge < -0.3 is 19.7 Å². The minimum atomic E-state index is -1.53. The smallest absolute Gasteiger partial charge is 0.449 e. The number of hydrogen-bond donors (Lipinski definition) is 2. The van der Waals surface area contributed by atoms with Gasteiger partial charge in [0.1, 0.15) is 0 Å². The molecule has 6 nitrogen and oxygen atoms in total. The van der Waals surface area contributed by atoms with Crippen LogP contribution in [0.3, 0.4) is 0 Å². The Labute approximate surface area is 151 Å². The lowest BCUT2D eigenvalue weighted by Crippen LogP contribution is -2.23. The summed E-state index contributed by atoms with van der Waals surface area (Å²) in [5, 5.41) is 18.2. The molecule has 2 unspecified atom stereocenters. The van der Waals surface area contributed by atoms with Crippen LogP contribution in [0.4, 0.5) is 9.59 Å². The normalized spacial score (nSPS) is 20.3. The largest absolute Gasteiger partial charge is 0.511 e. The topological polar surface area (TPSA) is 93.1 Å². The Balaban J connectivity index is 2.28. The molecular weight excluding hydrogens is 336 g/mol. The lowest BCUT2D eigenvalue weighted by molar-refractivity contribution is 0.132. The average Bonchev–Trinajstić information content (AvgIpc) is 2.77. The summed E-state index contributed by atoms with van der Waals surface area (Å²) < 4.78 is 9.80. The van der Waals surface area contributed by atoms with Gasteiger partial charge in [0.25, 0.3) is 0 Å². The van der Waals surface area contributed by atoms with E-state index in [1.807, 2.05) is 30.3 Å². The first-order valence-corrected chi connectivity index (χ1v) is 8.27. The van der Waals surface area contributed by atoms with E-state index in [1.165, 1.54) is 6.07 Å². The van der Waals surface area contributed by atoms with Crippen molar-refractivity contribution in [2.24, 2.45) is 5.92 Å². The quantitative estimate of drug-likeness (QED) is 0.603. The molecule has 0 amide bonds. The van der Waals surface area contributed by atoms with Crippen LogP contribution >= 0.6 is 0 Å². The Hall–Kier alpha value is -3.02. The molecule has 0 aliphatic heterocycles. The Morgan fingerprint density at radius 1 is 0.962 bits per heavy atom. The third-order valence-corrected chi connectivity index (χ3v) is 5.35. The summed E-state index contributed by atoms with van der Waals surface area (Å²) in [6, 6.07) is 12.9. The van der Waals surface area contributed by atoms with Gasteiger partial charge in [-0.2, -0.15) is 0 Å². The third kappa shape index (κ3) is 2.87. The lowest BCUT2D eigenvalue weighted by Gasteiger charge is -2.28. The number of benzene rings is 2. The summed E-state index contributed by atoms with van der Waals surface area (Å²) in [5.41, 5.74) is 2.34. The number of rotatable bonds is 3. The van der Waals surface area contributed by atoms with Gasteiger partial charge in [-0.3, -0.25) is 0 Å². The first kappa shape index (κ1) is 17.8. The molecule has 0 bridgehead atoms. The van der Waals surface area contributed by atoms with Gasteiger partial charge in [0, 0.05) is 11.5 Å². The predicted octanol–water partition coefficient (Wildman–Crippen LogP) is 4.86. The van der Waals surface area contributed by atoms with Crippen LogP contribution in [0.5, 0.6) is 11.5 Å². The Bertz CT molecular complexity index is 856. The molecule has 6 heteroatoms. The fourth-order valence-corrected chi connectivity index (χ4v) is 3.84. The van der Waals surface area contributed by atoms with Crippen LogP contribution in [0.15, 0.2) is 42.5 Å². The molecule has 2 atom stereocenters. The van der Waals surface area contributed by atoms with E-state index in [0.717, 1.165) is 11.1 Å². The number of carboxylic acid groups (broad SMARTS) is 2. The monoisotopic (exact) mass is 356 g/mol. The van der Waals surface area contributed by atoms with Crippen molar-refractivity contribution in [2.75, 3.05) is 0 Å². The van der Waals surface area contributed by atoms with Gasteiger partial charge >= 0.3 is 12.3 Å². The van der Waals surface area contributed by atoms with Crippen LogP contribution in [0.25, 0.3) is 0 Å². The maximum Gasteiger partial charge on any atom is 0.511 e. The van der Waals surface area contributed by atoms with Gasteiger partial charge in [0.05, 0.1) is 0 Å².